The van der Waals surface area contributed by atoms with Crippen molar-refractivity contribution in [3.63, 3.8) is 0 Å². The van der Waals surface area contributed by atoms with E-state index in [2.05, 4.69) is 17.0 Å². The molecule has 114 valence electrons. The molecule has 1 aromatic carbocycles. The highest BCUT2D eigenvalue weighted by Crippen LogP contribution is 2.39. The second-order valence-corrected chi connectivity index (χ2v) is 6.67. The zero-order valence-corrected chi connectivity index (χ0v) is 13.1. The lowest BCUT2D eigenvalue weighted by Gasteiger charge is -2.29. The smallest absolute Gasteiger partial charge is 0.263 e. The first kappa shape index (κ1) is 13.6. The molecule has 3 heterocycles. The summed E-state index contributed by atoms with van der Waals surface area (Å²) in [6, 6.07) is 12.1. The second-order valence-electron chi connectivity index (χ2n) is 5.61. The van der Waals surface area contributed by atoms with Gasteiger partial charge in [-0.25, -0.2) is 0 Å². The van der Waals surface area contributed by atoms with Gasteiger partial charge in [-0.3, -0.25) is 4.79 Å². The summed E-state index contributed by atoms with van der Waals surface area (Å²) >= 11 is 1.58. The number of rotatable bonds is 2. The summed E-state index contributed by atoms with van der Waals surface area (Å²) in [5.41, 5.74) is 1.08. The van der Waals surface area contributed by atoms with Crippen LogP contribution in [0.1, 0.15) is 22.5 Å². The number of likely N-dealkylation sites (tertiary alicyclic amines) is 1. The summed E-state index contributed by atoms with van der Waals surface area (Å²) in [6.45, 7) is 3.28. The summed E-state index contributed by atoms with van der Waals surface area (Å²) in [6.07, 6.45) is 2.25. The van der Waals surface area contributed by atoms with Crippen molar-refractivity contribution in [2.45, 2.75) is 12.8 Å². The van der Waals surface area contributed by atoms with Crippen LogP contribution in [0.25, 0.3) is 0 Å². The first-order valence-corrected chi connectivity index (χ1v) is 8.53. The Morgan fingerprint density at radius 3 is 2.73 bits per heavy atom. The van der Waals surface area contributed by atoms with Gasteiger partial charge in [0.1, 0.15) is 12.4 Å². The van der Waals surface area contributed by atoms with E-state index in [-0.39, 0.29) is 5.91 Å². The van der Waals surface area contributed by atoms with Crippen LogP contribution in [-0.2, 0) is 0 Å². The summed E-state index contributed by atoms with van der Waals surface area (Å²) in [5.74, 6) is 1.09. The molecule has 2 aliphatic rings. The predicted molar refractivity (Wildman–Crippen MR) is 88.4 cm³/mol. The van der Waals surface area contributed by atoms with E-state index in [1.807, 2.05) is 29.2 Å². The summed E-state index contributed by atoms with van der Waals surface area (Å²) in [7, 11) is 0. The molecule has 0 atom stereocenters. The number of hydrogen-bond donors (Lipinski definition) is 0. The van der Waals surface area contributed by atoms with E-state index in [4.69, 9.17) is 4.74 Å². The minimum atomic E-state index is 0.176. The van der Waals surface area contributed by atoms with Gasteiger partial charge in [-0.1, -0.05) is 12.1 Å². The minimum Gasteiger partial charge on any atom is -0.490 e. The molecule has 4 nitrogen and oxygen atoms in total. The van der Waals surface area contributed by atoms with Crippen LogP contribution in [0, 0.1) is 0 Å². The van der Waals surface area contributed by atoms with E-state index in [1.54, 1.807) is 11.3 Å². The lowest BCUT2D eigenvalue weighted by molar-refractivity contribution is 0.0797. The molecule has 0 spiro atoms. The topological polar surface area (TPSA) is 32.8 Å². The number of hydrogen-bond acceptors (Lipinski definition) is 4. The SMILES string of the molecule is O=C(c1ccc(N2CCOc3ccccc32)s1)N1CCCC1. The van der Waals surface area contributed by atoms with Gasteiger partial charge in [-0.2, -0.15) is 0 Å². The highest BCUT2D eigenvalue weighted by atomic mass is 32.1. The van der Waals surface area contributed by atoms with Crippen LogP contribution in [0.2, 0.25) is 0 Å². The zero-order valence-electron chi connectivity index (χ0n) is 12.3. The van der Waals surface area contributed by atoms with Gasteiger partial charge in [-0.05, 0) is 37.1 Å². The Kier molecular flexibility index (Phi) is 3.50. The molecule has 0 radical (unpaired) electrons. The number of carbonyl (C=O) groups is 1. The van der Waals surface area contributed by atoms with E-state index >= 15 is 0 Å². The molecular weight excluding hydrogens is 296 g/mol. The zero-order chi connectivity index (χ0) is 14.9. The molecule has 5 heteroatoms. The number of ether oxygens (including phenoxy) is 1. The first-order valence-electron chi connectivity index (χ1n) is 7.71. The molecule has 1 aromatic heterocycles. The molecule has 2 aromatic rings. The Hall–Kier alpha value is -2.01. The van der Waals surface area contributed by atoms with Gasteiger partial charge in [0.15, 0.2) is 0 Å². The highest BCUT2D eigenvalue weighted by molar-refractivity contribution is 7.18. The number of para-hydroxylation sites is 2. The molecule has 1 fully saturated rings. The second kappa shape index (κ2) is 5.65. The Bertz CT molecular complexity index is 691. The van der Waals surface area contributed by atoms with Crippen molar-refractivity contribution in [3.05, 3.63) is 41.3 Å². The standard InChI is InChI=1S/C17H18N2O2S/c20-17(18-9-3-4-10-18)15-7-8-16(22-15)19-11-12-21-14-6-2-1-5-13(14)19/h1-2,5-8H,3-4,9-12H2. The number of thiophene rings is 1. The Morgan fingerprint density at radius 2 is 1.86 bits per heavy atom. The third kappa shape index (κ3) is 2.35. The van der Waals surface area contributed by atoms with E-state index in [0.717, 1.165) is 53.8 Å². The van der Waals surface area contributed by atoms with E-state index in [0.29, 0.717) is 6.61 Å². The molecule has 2 aliphatic heterocycles. The third-order valence-corrected chi connectivity index (χ3v) is 5.29. The fourth-order valence-electron chi connectivity index (χ4n) is 3.06. The molecule has 0 bridgehead atoms. The number of fused-ring (bicyclic) bond motifs is 1. The molecule has 0 N–H and O–H groups in total. The molecule has 1 saturated heterocycles. The quantitative estimate of drug-likeness (QED) is 0.850. The van der Waals surface area contributed by atoms with Crippen molar-refractivity contribution in [1.29, 1.82) is 0 Å². The Balaban J connectivity index is 1.61. The molecule has 0 unspecified atom stereocenters. The van der Waals surface area contributed by atoms with Crippen molar-refractivity contribution in [3.8, 4) is 5.75 Å². The predicted octanol–water partition coefficient (Wildman–Crippen LogP) is 3.51. The Labute approximate surface area is 133 Å². The van der Waals surface area contributed by atoms with E-state index in [1.165, 1.54) is 0 Å². The Morgan fingerprint density at radius 1 is 1.05 bits per heavy atom. The van der Waals surface area contributed by atoms with Crippen molar-refractivity contribution in [2.24, 2.45) is 0 Å². The maximum atomic E-state index is 12.5. The van der Waals surface area contributed by atoms with Crippen molar-refractivity contribution in [1.82, 2.24) is 4.90 Å². The largest absolute Gasteiger partial charge is 0.490 e. The maximum absolute atomic E-state index is 12.5. The van der Waals surface area contributed by atoms with Gasteiger partial charge in [0.25, 0.3) is 5.91 Å². The molecular formula is C17H18N2O2S. The van der Waals surface area contributed by atoms with E-state index < -0.39 is 0 Å². The average Bonchev–Trinajstić information content (AvgIpc) is 3.25. The van der Waals surface area contributed by atoms with Gasteiger partial charge in [0.2, 0.25) is 0 Å². The number of anilines is 2. The van der Waals surface area contributed by atoms with Gasteiger partial charge >= 0.3 is 0 Å². The summed E-state index contributed by atoms with van der Waals surface area (Å²) in [4.78, 5) is 17.5. The average molecular weight is 314 g/mol. The van der Waals surface area contributed by atoms with Gasteiger partial charge in [-0.15, -0.1) is 11.3 Å². The molecule has 0 saturated carbocycles. The van der Waals surface area contributed by atoms with Crippen LogP contribution in [0.15, 0.2) is 36.4 Å². The van der Waals surface area contributed by atoms with Crippen LogP contribution in [0.3, 0.4) is 0 Å². The lowest BCUT2D eigenvalue weighted by atomic mass is 10.2. The van der Waals surface area contributed by atoms with Gasteiger partial charge in [0.05, 0.1) is 22.1 Å². The minimum absolute atomic E-state index is 0.176. The first-order chi connectivity index (χ1) is 10.8. The number of carbonyl (C=O) groups excluding carboxylic acids is 1. The van der Waals surface area contributed by atoms with Crippen molar-refractivity contribution < 1.29 is 9.53 Å². The third-order valence-electron chi connectivity index (χ3n) is 4.19. The lowest BCUT2D eigenvalue weighted by Crippen LogP contribution is -2.28. The van der Waals surface area contributed by atoms with E-state index in [9.17, 15) is 4.79 Å². The normalized spacial score (nSPS) is 17.3. The van der Waals surface area contributed by atoms with Crippen LogP contribution in [0.4, 0.5) is 10.7 Å². The van der Waals surface area contributed by atoms with Gasteiger partial charge in [0, 0.05) is 13.1 Å². The summed E-state index contributed by atoms with van der Waals surface area (Å²) < 4.78 is 5.70. The van der Waals surface area contributed by atoms with Crippen LogP contribution < -0.4 is 9.64 Å². The van der Waals surface area contributed by atoms with Crippen LogP contribution in [-0.4, -0.2) is 37.0 Å². The van der Waals surface area contributed by atoms with Gasteiger partial charge < -0.3 is 14.5 Å². The number of amides is 1. The fourth-order valence-corrected chi connectivity index (χ4v) is 4.08. The number of nitrogens with zero attached hydrogens (tertiary/aromatic N) is 2. The molecule has 4 rings (SSSR count). The van der Waals surface area contributed by atoms with Crippen molar-refractivity contribution >= 4 is 27.9 Å². The summed E-state index contributed by atoms with van der Waals surface area (Å²) in [5, 5.41) is 1.11. The maximum Gasteiger partial charge on any atom is 0.263 e. The number of benzene rings is 1. The van der Waals surface area contributed by atoms with Crippen LogP contribution >= 0.6 is 11.3 Å². The molecule has 0 aliphatic carbocycles. The highest BCUT2D eigenvalue weighted by Gasteiger charge is 2.24. The fraction of sp³-hybridized carbons (Fsp3) is 0.353. The van der Waals surface area contributed by atoms with Crippen LogP contribution in [0.5, 0.6) is 5.75 Å². The van der Waals surface area contributed by atoms with Crippen molar-refractivity contribution in [2.75, 3.05) is 31.1 Å². The monoisotopic (exact) mass is 314 g/mol. The molecule has 1 amide bonds. The molecule has 22 heavy (non-hydrogen) atoms.